The minimum atomic E-state index is -0.912. The fourth-order valence-electron chi connectivity index (χ4n) is 3.38. The van der Waals surface area contributed by atoms with Crippen LogP contribution in [-0.4, -0.2) is 57.5 Å². The summed E-state index contributed by atoms with van der Waals surface area (Å²) in [4.78, 5) is 0. The highest BCUT2D eigenvalue weighted by Crippen LogP contribution is 2.58. The standard InChI is InChI=1S/C16H24O5/c1-9(8-17)4-5-10-6-11-16(14(21-16)13(10)18)7-12(20-11)15(2,3)19/h4-5,11-14,17-19H,6-8H2,1-3H3/t11-,12+,13+,14+,16-/m0/s1. The second-order valence-corrected chi connectivity index (χ2v) is 7.03. The van der Waals surface area contributed by atoms with Crippen LogP contribution in [0.3, 0.4) is 0 Å². The Morgan fingerprint density at radius 2 is 2.19 bits per heavy atom. The SMILES string of the molecule is CC(=CC=C1C[C@@H]2O[C@@H](C(C)(C)O)C[C@]23O[C@@H]3[C@@H]1O)CO. The predicted octanol–water partition coefficient (Wildman–Crippen LogP) is 0.682. The predicted molar refractivity (Wildman–Crippen MR) is 76.7 cm³/mol. The van der Waals surface area contributed by atoms with E-state index >= 15 is 0 Å². The molecule has 21 heavy (non-hydrogen) atoms. The van der Waals surface area contributed by atoms with Gasteiger partial charge in [-0.15, -0.1) is 0 Å². The Balaban J connectivity index is 1.79. The molecular weight excluding hydrogens is 272 g/mol. The van der Waals surface area contributed by atoms with Gasteiger partial charge in [0.25, 0.3) is 0 Å². The summed E-state index contributed by atoms with van der Waals surface area (Å²) in [6.07, 6.45) is 3.64. The van der Waals surface area contributed by atoms with Gasteiger partial charge in [-0.25, -0.2) is 0 Å². The van der Waals surface area contributed by atoms with Gasteiger partial charge in [0.2, 0.25) is 0 Å². The number of ether oxygens (including phenoxy) is 2. The third-order valence-corrected chi connectivity index (χ3v) is 4.86. The summed E-state index contributed by atoms with van der Waals surface area (Å²) >= 11 is 0. The van der Waals surface area contributed by atoms with Crippen molar-refractivity contribution in [2.24, 2.45) is 0 Å². The molecule has 3 aliphatic rings. The van der Waals surface area contributed by atoms with Crippen LogP contribution in [0.4, 0.5) is 0 Å². The van der Waals surface area contributed by atoms with Gasteiger partial charge in [-0.1, -0.05) is 12.2 Å². The second kappa shape index (κ2) is 4.89. The van der Waals surface area contributed by atoms with Crippen LogP contribution in [-0.2, 0) is 9.47 Å². The van der Waals surface area contributed by atoms with E-state index in [-0.39, 0.29) is 24.9 Å². The molecule has 1 aliphatic carbocycles. The Hall–Kier alpha value is -0.720. The number of epoxide rings is 1. The van der Waals surface area contributed by atoms with Crippen LogP contribution in [0.1, 0.15) is 33.6 Å². The van der Waals surface area contributed by atoms with Crippen molar-refractivity contribution in [1.29, 1.82) is 0 Å². The van der Waals surface area contributed by atoms with Crippen molar-refractivity contribution in [1.82, 2.24) is 0 Å². The van der Waals surface area contributed by atoms with E-state index in [1.54, 1.807) is 13.8 Å². The molecule has 0 aromatic heterocycles. The van der Waals surface area contributed by atoms with Gasteiger partial charge in [0.05, 0.1) is 24.4 Å². The van der Waals surface area contributed by atoms with Crippen molar-refractivity contribution in [3.8, 4) is 0 Å². The highest BCUT2D eigenvalue weighted by Gasteiger charge is 2.72. The molecule has 5 atom stereocenters. The van der Waals surface area contributed by atoms with Crippen molar-refractivity contribution in [3.63, 3.8) is 0 Å². The fourth-order valence-corrected chi connectivity index (χ4v) is 3.38. The molecule has 3 N–H and O–H groups in total. The maximum absolute atomic E-state index is 10.4. The molecule has 2 heterocycles. The summed E-state index contributed by atoms with van der Waals surface area (Å²) in [5, 5.41) is 29.6. The molecule has 0 aromatic rings. The molecular formula is C16H24O5. The minimum absolute atomic E-state index is 0.00441. The monoisotopic (exact) mass is 296 g/mol. The molecule has 0 amide bonds. The maximum Gasteiger partial charge on any atom is 0.127 e. The molecule has 2 saturated heterocycles. The lowest BCUT2D eigenvalue weighted by atomic mass is 9.79. The fraction of sp³-hybridized carbons (Fsp3) is 0.750. The Morgan fingerprint density at radius 3 is 2.81 bits per heavy atom. The second-order valence-electron chi connectivity index (χ2n) is 7.03. The average molecular weight is 296 g/mol. The lowest BCUT2D eigenvalue weighted by Gasteiger charge is -2.27. The number of rotatable bonds is 3. The molecule has 1 saturated carbocycles. The van der Waals surface area contributed by atoms with Crippen molar-refractivity contribution < 1.29 is 24.8 Å². The topological polar surface area (TPSA) is 82.5 Å². The van der Waals surface area contributed by atoms with Crippen LogP contribution in [0.15, 0.2) is 23.3 Å². The average Bonchev–Trinajstić information content (AvgIpc) is 3.02. The van der Waals surface area contributed by atoms with Crippen LogP contribution >= 0.6 is 0 Å². The first-order chi connectivity index (χ1) is 9.78. The van der Waals surface area contributed by atoms with Crippen molar-refractivity contribution in [2.45, 2.75) is 69.2 Å². The highest BCUT2D eigenvalue weighted by atomic mass is 16.7. The van der Waals surface area contributed by atoms with Gasteiger partial charge in [-0.3, -0.25) is 0 Å². The maximum atomic E-state index is 10.4. The minimum Gasteiger partial charge on any atom is -0.392 e. The third-order valence-electron chi connectivity index (χ3n) is 4.86. The van der Waals surface area contributed by atoms with Gasteiger partial charge in [0.15, 0.2) is 0 Å². The molecule has 3 fully saturated rings. The lowest BCUT2D eigenvalue weighted by molar-refractivity contribution is -0.0855. The molecule has 0 unspecified atom stereocenters. The first-order valence-corrected chi connectivity index (χ1v) is 7.49. The number of aliphatic hydroxyl groups excluding tert-OH is 2. The summed E-state index contributed by atoms with van der Waals surface area (Å²) in [6.45, 7) is 5.32. The van der Waals surface area contributed by atoms with Crippen LogP contribution in [0.25, 0.3) is 0 Å². The van der Waals surface area contributed by atoms with E-state index < -0.39 is 17.3 Å². The van der Waals surface area contributed by atoms with E-state index in [1.807, 2.05) is 19.1 Å². The zero-order valence-electron chi connectivity index (χ0n) is 12.7. The van der Waals surface area contributed by atoms with E-state index in [9.17, 15) is 10.2 Å². The first-order valence-electron chi connectivity index (χ1n) is 7.49. The number of aliphatic hydroxyl groups is 3. The molecule has 5 heteroatoms. The van der Waals surface area contributed by atoms with E-state index in [0.717, 1.165) is 11.1 Å². The Bertz CT molecular complexity index is 489. The zero-order chi connectivity index (χ0) is 15.4. The zero-order valence-corrected chi connectivity index (χ0v) is 12.7. The summed E-state index contributed by atoms with van der Waals surface area (Å²) in [6, 6.07) is 0. The van der Waals surface area contributed by atoms with Crippen LogP contribution in [0.5, 0.6) is 0 Å². The Morgan fingerprint density at radius 1 is 1.48 bits per heavy atom. The van der Waals surface area contributed by atoms with Crippen molar-refractivity contribution in [2.75, 3.05) is 6.61 Å². The summed E-state index contributed by atoms with van der Waals surface area (Å²) < 4.78 is 11.8. The van der Waals surface area contributed by atoms with Gasteiger partial charge in [-0.05, 0) is 31.9 Å². The van der Waals surface area contributed by atoms with Gasteiger partial charge in [0, 0.05) is 12.8 Å². The van der Waals surface area contributed by atoms with Crippen molar-refractivity contribution in [3.05, 3.63) is 23.3 Å². The normalized spacial score (nSPS) is 44.7. The Kier molecular flexibility index (Phi) is 3.54. The van der Waals surface area contributed by atoms with E-state index in [1.165, 1.54) is 0 Å². The first kappa shape index (κ1) is 15.2. The van der Waals surface area contributed by atoms with E-state index in [0.29, 0.717) is 12.8 Å². The molecule has 3 rings (SSSR count). The molecule has 0 aromatic carbocycles. The van der Waals surface area contributed by atoms with E-state index in [4.69, 9.17) is 14.6 Å². The molecule has 2 aliphatic heterocycles. The van der Waals surface area contributed by atoms with Gasteiger partial charge in [-0.2, -0.15) is 0 Å². The molecule has 0 bridgehead atoms. The van der Waals surface area contributed by atoms with Gasteiger partial charge in [0.1, 0.15) is 17.8 Å². The summed E-state index contributed by atoms with van der Waals surface area (Å²) in [5.41, 5.74) is 0.370. The lowest BCUT2D eigenvalue weighted by Crippen LogP contribution is -2.39. The van der Waals surface area contributed by atoms with Gasteiger partial charge < -0.3 is 24.8 Å². The Labute approximate surface area is 124 Å². The van der Waals surface area contributed by atoms with Crippen LogP contribution in [0.2, 0.25) is 0 Å². The van der Waals surface area contributed by atoms with Crippen LogP contribution in [0, 0.1) is 0 Å². The van der Waals surface area contributed by atoms with Gasteiger partial charge >= 0.3 is 0 Å². The smallest absolute Gasteiger partial charge is 0.127 e. The van der Waals surface area contributed by atoms with Crippen molar-refractivity contribution >= 4 is 0 Å². The number of hydrogen-bond donors (Lipinski definition) is 3. The summed E-state index contributed by atoms with van der Waals surface area (Å²) in [7, 11) is 0. The highest BCUT2D eigenvalue weighted by molar-refractivity contribution is 5.33. The summed E-state index contributed by atoms with van der Waals surface area (Å²) in [5.74, 6) is 0. The quantitative estimate of drug-likeness (QED) is 0.667. The molecule has 0 radical (unpaired) electrons. The molecule has 5 nitrogen and oxygen atoms in total. The molecule has 118 valence electrons. The van der Waals surface area contributed by atoms with E-state index in [2.05, 4.69) is 0 Å². The largest absolute Gasteiger partial charge is 0.392 e. The van der Waals surface area contributed by atoms with Crippen LogP contribution < -0.4 is 0 Å². The number of hydrogen-bond acceptors (Lipinski definition) is 5. The molecule has 1 spiro atoms. The third kappa shape index (κ3) is 2.47. The number of allylic oxidation sites excluding steroid dienone is 2.